The van der Waals surface area contributed by atoms with Gasteiger partial charge in [0.25, 0.3) is 0 Å². The molecule has 1 aromatic rings. The van der Waals surface area contributed by atoms with Crippen molar-refractivity contribution >= 4 is 0 Å². The molecule has 1 saturated heterocycles. The predicted molar refractivity (Wildman–Crippen MR) is 79.5 cm³/mol. The number of morpholine rings is 1. The van der Waals surface area contributed by atoms with E-state index >= 15 is 0 Å². The molecule has 2 atom stereocenters. The van der Waals surface area contributed by atoms with Crippen LogP contribution in [0.5, 0.6) is 0 Å². The molecule has 2 N–H and O–H groups in total. The number of ether oxygens (including phenoxy) is 1. The SMILES string of the molecule is CCC(C)c1ccc(CNCC2COCCN2)cc1. The second kappa shape index (κ2) is 7.63. The highest BCUT2D eigenvalue weighted by atomic mass is 16.5. The highest BCUT2D eigenvalue weighted by molar-refractivity contribution is 5.24. The third-order valence-corrected chi connectivity index (χ3v) is 3.88. The van der Waals surface area contributed by atoms with Crippen molar-refractivity contribution in [3.63, 3.8) is 0 Å². The van der Waals surface area contributed by atoms with E-state index in [0.29, 0.717) is 12.0 Å². The van der Waals surface area contributed by atoms with Crippen molar-refractivity contribution in [3.8, 4) is 0 Å². The summed E-state index contributed by atoms with van der Waals surface area (Å²) in [5, 5.41) is 6.94. The molecular formula is C16H26N2O. The fourth-order valence-corrected chi connectivity index (χ4v) is 2.34. The van der Waals surface area contributed by atoms with Gasteiger partial charge in [0.05, 0.1) is 13.2 Å². The molecule has 0 aliphatic carbocycles. The van der Waals surface area contributed by atoms with Crippen LogP contribution in [0.1, 0.15) is 37.3 Å². The Morgan fingerprint density at radius 3 is 2.79 bits per heavy atom. The van der Waals surface area contributed by atoms with Crippen LogP contribution in [0.15, 0.2) is 24.3 Å². The van der Waals surface area contributed by atoms with E-state index in [-0.39, 0.29) is 0 Å². The molecule has 0 aromatic heterocycles. The van der Waals surface area contributed by atoms with E-state index in [4.69, 9.17) is 4.74 Å². The van der Waals surface area contributed by atoms with Crippen LogP contribution in [-0.4, -0.2) is 32.3 Å². The topological polar surface area (TPSA) is 33.3 Å². The first kappa shape index (κ1) is 14.5. The van der Waals surface area contributed by atoms with Crippen molar-refractivity contribution in [1.82, 2.24) is 10.6 Å². The summed E-state index contributed by atoms with van der Waals surface area (Å²) in [6.07, 6.45) is 1.20. The van der Waals surface area contributed by atoms with Crippen LogP contribution < -0.4 is 10.6 Å². The molecule has 0 saturated carbocycles. The fraction of sp³-hybridized carbons (Fsp3) is 0.625. The molecule has 19 heavy (non-hydrogen) atoms. The van der Waals surface area contributed by atoms with Gasteiger partial charge in [0.2, 0.25) is 0 Å². The monoisotopic (exact) mass is 262 g/mol. The lowest BCUT2D eigenvalue weighted by molar-refractivity contribution is 0.0766. The van der Waals surface area contributed by atoms with Crippen molar-refractivity contribution in [2.45, 2.75) is 38.8 Å². The Hall–Kier alpha value is -0.900. The number of hydrogen-bond acceptors (Lipinski definition) is 3. The van der Waals surface area contributed by atoms with Crippen LogP contribution in [0.25, 0.3) is 0 Å². The summed E-state index contributed by atoms with van der Waals surface area (Å²) in [4.78, 5) is 0. The zero-order valence-corrected chi connectivity index (χ0v) is 12.1. The van der Waals surface area contributed by atoms with Gasteiger partial charge in [-0.15, -0.1) is 0 Å². The summed E-state index contributed by atoms with van der Waals surface area (Å²) in [6, 6.07) is 9.44. The van der Waals surface area contributed by atoms with Crippen molar-refractivity contribution in [3.05, 3.63) is 35.4 Å². The maximum absolute atomic E-state index is 5.44. The minimum Gasteiger partial charge on any atom is -0.378 e. The predicted octanol–water partition coefficient (Wildman–Crippen LogP) is 2.28. The van der Waals surface area contributed by atoms with Crippen LogP contribution >= 0.6 is 0 Å². The van der Waals surface area contributed by atoms with Gasteiger partial charge in [0.1, 0.15) is 0 Å². The van der Waals surface area contributed by atoms with E-state index in [1.165, 1.54) is 17.5 Å². The molecule has 1 aromatic carbocycles. The molecule has 3 heteroatoms. The number of hydrogen-bond donors (Lipinski definition) is 2. The van der Waals surface area contributed by atoms with Crippen LogP contribution in [0.3, 0.4) is 0 Å². The smallest absolute Gasteiger partial charge is 0.0632 e. The van der Waals surface area contributed by atoms with E-state index in [0.717, 1.165) is 32.8 Å². The van der Waals surface area contributed by atoms with E-state index < -0.39 is 0 Å². The zero-order chi connectivity index (χ0) is 13.5. The molecule has 0 bridgehead atoms. The van der Waals surface area contributed by atoms with Crippen LogP contribution in [-0.2, 0) is 11.3 Å². The Labute approximate surface area is 116 Å². The largest absolute Gasteiger partial charge is 0.378 e. The minimum absolute atomic E-state index is 0.452. The van der Waals surface area contributed by atoms with Crippen LogP contribution in [0.2, 0.25) is 0 Å². The molecule has 2 unspecified atom stereocenters. The van der Waals surface area contributed by atoms with E-state index in [2.05, 4.69) is 48.7 Å². The Bertz CT molecular complexity index is 358. The second-order valence-corrected chi connectivity index (χ2v) is 5.41. The van der Waals surface area contributed by atoms with Gasteiger partial charge in [-0.3, -0.25) is 0 Å². The lowest BCUT2D eigenvalue weighted by Crippen LogP contribution is -2.47. The quantitative estimate of drug-likeness (QED) is 0.825. The summed E-state index contributed by atoms with van der Waals surface area (Å²) in [5.41, 5.74) is 2.79. The van der Waals surface area contributed by atoms with Gasteiger partial charge in [-0.25, -0.2) is 0 Å². The molecule has 0 amide bonds. The van der Waals surface area contributed by atoms with Crippen molar-refractivity contribution in [2.24, 2.45) is 0 Å². The standard InChI is InChI=1S/C16H26N2O/c1-3-13(2)15-6-4-14(5-7-15)10-17-11-16-12-19-9-8-18-16/h4-7,13,16-18H,3,8-12H2,1-2H3. The number of nitrogens with one attached hydrogen (secondary N) is 2. The van der Waals surface area contributed by atoms with E-state index in [9.17, 15) is 0 Å². The molecule has 0 radical (unpaired) electrons. The van der Waals surface area contributed by atoms with Crippen molar-refractivity contribution in [1.29, 1.82) is 0 Å². The molecule has 106 valence electrons. The molecule has 1 aliphatic rings. The molecule has 1 aliphatic heterocycles. The Kier molecular flexibility index (Phi) is 5.83. The normalized spacial score (nSPS) is 21.3. The van der Waals surface area contributed by atoms with Crippen LogP contribution in [0, 0.1) is 0 Å². The van der Waals surface area contributed by atoms with E-state index in [1.54, 1.807) is 0 Å². The van der Waals surface area contributed by atoms with E-state index in [1.807, 2.05) is 0 Å². The molecule has 1 fully saturated rings. The fourth-order valence-electron chi connectivity index (χ4n) is 2.34. The lowest BCUT2D eigenvalue weighted by Gasteiger charge is -2.24. The third-order valence-electron chi connectivity index (χ3n) is 3.88. The van der Waals surface area contributed by atoms with Crippen molar-refractivity contribution in [2.75, 3.05) is 26.3 Å². The van der Waals surface area contributed by atoms with Gasteiger partial charge in [0.15, 0.2) is 0 Å². The first-order valence-electron chi connectivity index (χ1n) is 7.40. The maximum Gasteiger partial charge on any atom is 0.0632 e. The lowest BCUT2D eigenvalue weighted by atomic mass is 9.98. The summed E-state index contributed by atoms with van der Waals surface area (Å²) in [6.45, 7) is 9.04. The van der Waals surface area contributed by atoms with Crippen molar-refractivity contribution < 1.29 is 4.74 Å². The average molecular weight is 262 g/mol. The summed E-state index contributed by atoms with van der Waals surface area (Å²) in [7, 11) is 0. The average Bonchev–Trinajstić information content (AvgIpc) is 2.48. The molecular weight excluding hydrogens is 236 g/mol. The highest BCUT2D eigenvalue weighted by Crippen LogP contribution is 2.18. The Morgan fingerprint density at radius 1 is 1.37 bits per heavy atom. The number of rotatable bonds is 6. The minimum atomic E-state index is 0.452. The van der Waals surface area contributed by atoms with Gasteiger partial charge < -0.3 is 15.4 Å². The third kappa shape index (κ3) is 4.60. The molecule has 3 nitrogen and oxygen atoms in total. The Balaban J connectivity index is 1.73. The molecule has 0 spiro atoms. The molecule has 2 rings (SSSR count). The first-order valence-corrected chi connectivity index (χ1v) is 7.40. The van der Waals surface area contributed by atoms with Gasteiger partial charge in [-0.05, 0) is 23.5 Å². The molecule has 1 heterocycles. The highest BCUT2D eigenvalue weighted by Gasteiger charge is 2.11. The van der Waals surface area contributed by atoms with Gasteiger partial charge in [0, 0.05) is 25.7 Å². The van der Waals surface area contributed by atoms with Gasteiger partial charge >= 0.3 is 0 Å². The summed E-state index contributed by atoms with van der Waals surface area (Å²) >= 11 is 0. The summed E-state index contributed by atoms with van der Waals surface area (Å²) in [5.74, 6) is 0.658. The second-order valence-electron chi connectivity index (χ2n) is 5.41. The van der Waals surface area contributed by atoms with Gasteiger partial charge in [-0.2, -0.15) is 0 Å². The van der Waals surface area contributed by atoms with Gasteiger partial charge in [-0.1, -0.05) is 38.1 Å². The van der Waals surface area contributed by atoms with Crippen LogP contribution in [0.4, 0.5) is 0 Å². The Morgan fingerprint density at radius 2 is 2.16 bits per heavy atom. The number of benzene rings is 1. The zero-order valence-electron chi connectivity index (χ0n) is 12.1. The maximum atomic E-state index is 5.44. The summed E-state index contributed by atoms with van der Waals surface area (Å²) < 4.78 is 5.44. The first-order chi connectivity index (χ1) is 9.29.